The predicted octanol–water partition coefficient (Wildman–Crippen LogP) is 6.58. The number of thioether (sulfide) groups is 1. The number of halogens is 1. The van der Waals surface area contributed by atoms with Crippen LogP contribution in [-0.2, 0) is 0 Å². The van der Waals surface area contributed by atoms with E-state index in [0.29, 0.717) is 11.1 Å². The van der Waals surface area contributed by atoms with Gasteiger partial charge < -0.3 is 4.42 Å². The summed E-state index contributed by atoms with van der Waals surface area (Å²) < 4.78 is 5.96. The molecule has 134 valence electrons. The molecule has 0 saturated heterocycles. The van der Waals surface area contributed by atoms with Crippen molar-refractivity contribution in [2.75, 3.05) is 0 Å². The maximum absolute atomic E-state index is 6.06. The van der Waals surface area contributed by atoms with E-state index in [1.807, 2.05) is 73.7 Å². The summed E-state index contributed by atoms with van der Waals surface area (Å²) in [5.41, 5.74) is 4.36. The quantitative estimate of drug-likeness (QED) is 0.359. The third-order valence-corrected chi connectivity index (χ3v) is 5.67. The second-order valence-electron chi connectivity index (χ2n) is 6.15. The second-order valence-corrected chi connectivity index (χ2v) is 7.64. The summed E-state index contributed by atoms with van der Waals surface area (Å²) >= 11 is 7.60. The molecular weight excluding hydrogens is 376 g/mol. The highest BCUT2D eigenvalue weighted by atomic mass is 35.5. The number of hydrogen-bond donors (Lipinski definition) is 0. The standard InChI is InChI=1S/C22H17ClN2OS/c1-15-7-5-6-10-19(15)21-24-25-22(26-21)27-20(16-8-3-2-4-9-16)17-11-13-18(23)14-12-17/h2-14,20H,1H3/t20-/m0/s1. The van der Waals surface area contributed by atoms with Crippen molar-refractivity contribution in [1.29, 1.82) is 0 Å². The van der Waals surface area contributed by atoms with Crippen LogP contribution in [0.15, 0.2) is 88.5 Å². The minimum atomic E-state index is 0.0358. The zero-order valence-electron chi connectivity index (χ0n) is 14.7. The molecule has 0 aliphatic rings. The summed E-state index contributed by atoms with van der Waals surface area (Å²) in [6, 6.07) is 26.1. The molecule has 0 saturated carbocycles. The molecule has 1 aromatic heterocycles. The van der Waals surface area contributed by atoms with Crippen molar-refractivity contribution in [2.24, 2.45) is 0 Å². The van der Waals surface area contributed by atoms with E-state index in [9.17, 15) is 0 Å². The van der Waals surface area contributed by atoms with Crippen LogP contribution in [0.25, 0.3) is 11.5 Å². The normalized spacial score (nSPS) is 12.1. The van der Waals surface area contributed by atoms with E-state index in [0.717, 1.165) is 21.7 Å². The van der Waals surface area contributed by atoms with Gasteiger partial charge in [0.1, 0.15) is 0 Å². The molecular formula is C22H17ClN2OS. The van der Waals surface area contributed by atoms with Crippen LogP contribution in [0.5, 0.6) is 0 Å². The summed E-state index contributed by atoms with van der Waals surface area (Å²) in [7, 11) is 0. The Hall–Kier alpha value is -2.56. The summed E-state index contributed by atoms with van der Waals surface area (Å²) in [4.78, 5) is 0. The van der Waals surface area contributed by atoms with Gasteiger partial charge in [-0.05, 0) is 41.8 Å². The smallest absolute Gasteiger partial charge is 0.277 e. The van der Waals surface area contributed by atoms with Gasteiger partial charge >= 0.3 is 0 Å². The Bertz CT molecular complexity index is 1030. The molecule has 0 amide bonds. The van der Waals surface area contributed by atoms with Crippen LogP contribution < -0.4 is 0 Å². The molecule has 0 N–H and O–H groups in total. The summed E-state index contributed by atoms with van der Waals surface area (Å²) in [6.07, 6.45) is 0. The van der Waals surface area contributed by atoms with Gasteiger partial charge in [0.2, 0.25) is 5.89 Å². The summed E-state index contributed by atoms with van der Waals surface area (Å²) in [5, 5.41) is 9.80. The van der Waals surface area contributed by atoms with Gasteiger partial charge in [0.15, 0.2) is 0 Å². The van der Waals surface area contributed by atoms with Crippen molar-refractivity contribution in [3.63, 3.8) is 0 Å². The highest BCUT2D eigenvalue weighted by molar-refractivity contribution is 7.99. The first-order valence-corrected chi connectivity index (χ1v) is 9.83. The molecule has 1 atom stereocenters. The van der Waals surface area contributed by atoms with Gasteiger partial charge in [0.05, 0.1) is 5.25 Å². The number of benzene rings is 3. The van der Waals surface area contributed by atoms with E-state index in [1.54, 1.807) is 0 Å². The molecule has 3 aromatic carbocycles. The third-order valence-electron chi connectivity index (χ3n) is 4.28. The average Bonchev–Trinajstić information content (AvgIpc) is 3.16. The predicted molar refractivity (Wildman–Crippen MR) is 110 cm³/mol. The minimum absolute atomic E-state index is 0.0358. The monoisotopic (exact) mass is 392 g/mol. The Morgan fingerprint density at radius 3 is 2.22 bits per heavy atom. The molecule has 27 heavy (non-hydrogen) atoms. The number of hydrogen-bond acceptors (Lipinski definition) is 4. The van der Waals surface area contributed by atoms with Gasteiger partial charge in [0, 0.05) is 10.6 Å². The van der Waals surface area contributed by atoms with Gasteiger partial charge in [-0.2, -0.15) is 0 Å². The summed E-state index contributed by atoms with van der Waals surface area (Å²) in [6.45, 7) is 2.03. The van der Waals surface area contributed by atoms with Gasteiger partial charge in [-0.15, -0.1) is 10.2 Å². The van der Waals surface area contributed by atoms with Crippen LogP contribution in [0.3, 0.4) is 0 Å². The van der Waals surface area contributed by atoms with Gasteiger partial charge in [0.25, 0.3) is 5.22 Å². The molecule has 4 rings (SSSR count). The van der Waals surface area contributed by atoms with E-state index in [2.05, 4.69) is 22.3 Å². The molecule has 0 bridgehead atoms. The van der Waals surface area contributed by atoms with Crippen molar-refractivity contribution in [2.45, 2.75) is 17.4 Å². The van der Waals surface area contributed by atoms with Crippen LogP contribution in [0.1, 0.15) is 21.9 Å². The van der Waals surface area contributed by atoms with Crippen LogP contribution in [0.4, 0.5) is 0 Å². The average molecular weight is 393 g/mol. The van der Waals surface area contributed by atoms with Crippen molar-refractivity contribution in [1.82, 2.24) is 10.2 Å². The van der Waals surface area contributed by atoms with Gasteiger partial charge in [-0.1, -0.05) is 84.0 Å². The number of rotatable bonds is 5. The van der Waals surface area contributed by atoms with Crippen molar-refractivity contribution in [3.05, 3.63) is 101 Å². The number of nitrogens with zero attached hydrogens (tertiary/aromatic N) is 2. The fraction of sp³-hybridized carbons (Fsp3) is 0.0909. The van der Waals surface area contributed by atoms with E-state index < -0.39 is 0 Å². The fourth-order valence-electron chi connectivity index (χ4n) is 2.87. The molecule has 0 spiro atoms. The highest BCUT2D eigenvalue weighted by Crippen LogP contribution is 2.40. The highest BCUT2D eigenvalue weighted by Gasteiger charge is 2.20. The number of aryl methyl sites for hydroxylation is 1. The zero-order chi connectivity index (χ0) is 18.6. The molecule has 4 aromatic rings. The van der Waals surface area contributed by atoms with Crippen LogP contribution in [0, 0.1) is 6.92 Å². The Morgan fingerprint density at radius 1 is 0.815 bits per heavy atom. The molecule has 1 heterocycles. The van der Waals surface area contributed by atoms with Crippen LogP contribution in [-0.4, -0.2) is 10.2 Å². The topological polar surface area (TPSA) is 38.9 Å². The van der Waals surface area contributed by atoms with Gasteiger partial charge in [-0.25, -0.2) is 0 Å². The van der Waals surface area contributed by atoms with Crippen molar-refractivity contribution in [3.8, 4) is 11.5 Å². The van der Waals surface area contributed by atoms with E-state index in [1.165, 1.54) is 17.3 Å². The molecule has 5 heteroatoms. The second kappa shape index (κ2) is 7.99. The molecule has 0 unspecified atom stereocenters. The van der Waals surface area contributed by atoms with Gasteiger partial charge in [-0.3, -0.25) is 0 Å². The lowest BCUT2D eigenvalue weighted by Gasteiger charge is -2.15. The first kappa shape index (κ1) is 17.8. The van der Waals surface area contributed by atoms with E-state index in [-0.39, 0.29) is 5.25 Å². The number of aromatic nitrogens is 2. The SMILES string of the molecule is Cc1ccccc1-c1nnc(S[C@@H](c2ccccc2)c2ccc(Cl)cc2)o1. The van der Waals surface area contributed by atoms with E-state index >= 15 is 0 Å². The lowest BCUT2D eigenvalue weighted by atomic mass is 10.0. The fourth-order valence-corrected chi connectivity index (χ4v) is 4.00. The summed E-state index contributed by atoms with van der Waals surface area (Å²) in [5.74, 6) is 0.540. The Balaban J connectivity index is 1.66. The first-order valence-electron chi connectivity index (χ1n) is 8.57. The van der Waals surface area contributed by atoms with E-state index in [4.69, 9.17) is 16.0 Å². The third kappa shape index (κ3) is 4.07. The molecule has 3 nitrogen and oxygen atoms in total. The molecule has 0 aliphatic carbocycles. The van der Waals surface area contributed by atoms with Crippen LogP contribution in [0.2, 0.25) is 5.02 Å². The maximum Gasteiger partial charge on any atom is 0.277 e. The lowest BCUT2D eigenvalue weighted by molar-refractivity contribution is 0.465. The van der Waals surface area contributed by atoms with Crippen molar-refractivity contribution >= 4 is 23.4 Å². The molecule has 0 fully saturated rings. The largest absolute Gasteiger partial charge is 0.411 e. The lowest BCUT2D eigenvalue weighted by Crippen LogP contribution is -1.96. The first-order chi connectivity index (χ1) is 13.2. The molecule has 0 aliphatic heterocycles. The molecule has 0 radical (unpaired) electrons. The van der Waals surface area contributed by atoms with Crippen molar-refractivity contribution < 1.29 is 4.42 Å². The zero-order valence-corrected chi connectivity index (χ0v) is 16.2. The Morgan fingerprint density at radius 2 is 1.48 bits per heavy atom. The Labute approximate surface area is 167 Å². The maximum atomic E-state index is 6.06. The van der Waals surface area contributed by atoms with Crippen LogP contribution >= 0.6 is 23.4 Å². The Kier molecular flexibility index (Phi) is 5.28. The minimum Gasteiger partial charge on any atom is -0.411 e.